The molecular formula is C11H14F3N5O. The summed E-state index contributed by atoms with van der Waals surface area (Å²) < 4.78 is 35.8. The van der Waals surface area contributed by atoms with Gasteiger partial charge in [-0.1, -0.05) is 0 Å². The summed E-state index contributed by atoms with van der Waals surface area (Å²) in [5.74, 6) is 0.694. The summed E-state index contributed by atoms with van der Waals surface area (Å²) in [6, 6.07) is 0.493. The second kappa shape index (κ2) is 6.04. The Kier molecular flexibility index (Phi) is 4.38. The van der Waals surface area contributed by atoms with Crippen LogP contribution in [0.4, 0.5) is 23.8 Å². The maximum absolute atomic E-state index is 11.9. The molecule has 0 bridgehead atoms. The molecule has 1 fully saturated rings. The van der Waals surface area contributed by atoms with Crippen molar-refractivity contribution in [3.05, 3.63) is 18.1 Å². The highest BCUT2D eigenvalue weighted by molar-refractivity contribution is 5.88. The van der Waals surface area contributed by atoms with Gasteiger partial charge in [-0.15, -0.1) is 0 Å². The Morgan fingerprint density at radius 1 is 1.50 bits per heavy atom. The Labute approximate surface area is 113 Å². The van der Waals surface area contributed by atoms with E-state index in [-0.39, 0.29) is 11.9 Å². The number of urea groups is 1. The number of anilines is 1. The molecule has 2 amide bonds. The van der Waals surface area contributed by atoms with Crippen LogP contribution < -0.4 is 16.0 Å². The van der Waals surface area contributed by atoms with Crippen LogP contribution in [0.3, 0.4) is 0 Å². The summed E-state index contributed by atoms with van der Waals surface area (Å²) in [5.41, 5.74) is 0. The molecule has 1 unspecified atom stereocenters. The van der Waals surface area contributed by atoms with Gasteiger partial charge in [-0.3, -0.25) is 5.32 Å². The van der Waals surface area contributed by atoms with E-state index in [1.54, 1.807) is 5.32 Å². The molecule has 1 atom stereocenters. The van der Waals surface area contributed by atoms with Crippen molar-refractivity contribution in [3.63, 3.8) is 0 Å². The van der Waals surface area contributed by atoms with Crippen LogP contribution >= 0.6 is 0 Å². The van der Waals surface area contributed by atoms with Crippen molar-refractivity contribution in [1.29, 1.82) is 0 Å². The molecule has 2 heterocycles. The van der Waals surface area contributed by atoms with E-state index in [9.17, 15) is 18.0 Å². The number of hydrogen-bond acceptors (Lipinski definition) is 4. The average Bonchev–Trinajstić information content (AvgIpc) is 2.90. The van der Waals surface area contributed by atoms with Gasteiger partial charge in [0, 0.05) is 6.20 Å². The molecule has 1 aromatic heterocycles. The fourth-order valence-corrected chi connectivity index (χ4v) is 1.86. The number of carbonyl (C=O) groups is 1. The third-order valence-electron chi connectivity index (χ3n) is 2.74. The molecule has 20 heavy (non-hydrogen) atoms. The van der Waals surface area contributed by atoms with E-state index < -0.39 is 18.8 Å². The number of alkyl halides is 3. The molecule has 3 N–H and O–H groups in total. The highest BCUT2D eigenvalue weighted by Gasteiger charge is 2.27. The highest BCUT2D eigenvalue weighted by atomic mass is 19.4. The molecule has 1 aliphatic rings. The Morgan fingerprint density at radius 3 is 2.95 bits per heavy atom. The van der Waals surface area contributed by atoms with E-state index in [1.165, 1.54) is 12.3 Å². The number of hydrogen-bond donors (Lipinski definition) is 3. The monoisotopic (exact) mass is 289 g/mol. The quantitative estimate of drug-likeness (QED) is 0.789. The fraction of sp³-hybridized carbons (Fsp3) is 0.545. The lowest BCUT2D eigenvalue weighted by molar-refractivity contribution is -0.122. The van der Waals surface area contributed by atoms with E-state index in [4.69, 9.17) is 0 Å². The van der Waals surface area contributed by atoms with Gasteiger partial charge in [-0.2, -0.15) is 13.2 Å². The predicted octanol–water partition coefficient (Wildman–Crippen LogP) is 1.58. The zero-order valence-electron chi connectivity index (χ0n) is 10.5. The third-order valence-corrected chi connectivity index (χ3v) is 2.74. The number of nitrogens with zero attached hydrogens (tertiary/aromatic N) is 2. The molecule has 1 aliphatic heterocycles. The molecule has 9 heteroatoms. The van der Waals surface area contributed by atoms with E-state index in [0.717, 1.165) is 19.4 Å². The first-order valence-electron chi connectivity index (χ1n) is 6.12. The second-order valence-corrected chi connectivity index (χ2v) is 4.37. The predicted molar refractivity (Wildman–Crippen MR) is 65.1 cm³/mol. The molecule has 2 rings (SSSR count). The van der Waals surface area contributed by atoms with Gasteiger partial charge in [0.2, 0.25) is 0 Å². The van der Waals surface area contributed by atoms with Gasteiger partial charge in [-0.25, -0.2) is 14.8 Å². The Balaban J connectivity index is 1.92. The Bertz CT molecular complexity index is 473. The van der Waals surface area contributed by atoms with Crippen molar-refractivity contribution >= 4 is 11.8 Å². The van der Waals surface area contributed by atoms with Crippen molar-refractivity contribution in [2.24, 2.45) is 0 Å². The van der Waals surface area contributed by atoms with Gasteiger partial charge in [0.1, 0.15) is 18.2 Å². The number of rotatable bonds is 3. The van der Waals surface area contributed by atoms with Gasteiger partial charge in [0.15, 0.2) is 0 Å². The summed E-state index contributed by atoms with van der Waals surface area (Å²) in [6.07, 6.45) is -1.08. The van der Waals surface area contributed by atoms with Crippen molar-refractivity contribution in [1.82, 2.24) is 20.6 Å². The summed E-state index contributed by atoms with van der Waals surface area (Å²) in [7, 11) is 0. The molecule has 110 valence electrons. The largest absolute Gasteiger partial charge is 0.405 e. The standard InChI is InChI=1S/C11H14F3N5O/c12-11(13,14)6-17-10(20)19-8-3-5-16-9(18-8)7-2-1-4-15-7/h3,5,7,15H,1-2,4,6H2,(H2,16,17,18,19,20). The first-order chi connectivity index (χ1) is 9.44. The summed E-state index contributed by atoms with van der Waals surface area (Å²) in [5, 5.41) is 7.15. The SMILES string of the molecule is O=C(NCC(F)(F)F)Nc1ccnc(C2CCCN2)n1. The first kappa shape index (κ1) is 14.5. The van der Waals surface area contributed by atoms with Gasteiger partial charge in [0.05, 0.1) is 6.04 Å². The van der Waals surface area contributed by atoms with Gasteiger partial charge < -0.3 is 10.6 Å². The zero-order chi connectivity index (χ0) is 14.6. The number of nitrogens with one attached hydrogen (secondary N) is 3. The number of carbonyl (C=O) groups excluding carboxylic acids is 1. The molecule has 1 aromatic rings. The summed E-state index contributed by atoms with van der Waals surface area (Å²) in [6.45, 7) is -0.515. The van der Waals surface area contributed by atoms with E-state index in [0.29, 0.717) is 5.82 Å². The minimum absolute atomic E-state index is 0.0231. The molecule has 6 nitrogen and oxygen atoms in total. The average molecular weight is 289 g/mol. The first-order valence-corrected chi connectivity index (χ1v) is 6.12. The van der Waals surface area contributed by atoms with Crippen LogP contribution in [0.5, 0.6) is 0 Å². The normalized spacial score (nSPS) is 18.9. The van der Waals surface area contributed by atoms with Crippen LogP contribution in [0.15, 0.2) is 12.3 Å². The van der Waals surface area contributed by atoms with Gasteiger partial charge in [0.25, 0.3) is 0 Å². The maximum Gasteiger partial charge on any atom is 0.405 e. The Morgan fingerprint density at radius 2 is 2.30 bits per heavy atom. The third kappa shape index (κ3) is 4.34. The van der Waals surface area contributed by atoms with Crippen molar-refractivity contribution < 1.29 is 18.0 Å². The van der Waals surface area contributed by atoms with E-state index >= 15 is 0 Å². The van der Waals surface area contributed by atoms with Crippen LogP contribution in [0.25, 0.3) is 0 Å². The molecule has 1 saturated heterocycles. The van der Waals surface area contributed by atoms with Crippen LogP contribution in [0.1, 0.15) is 24.7 Å². The molecule has 0 aromatic carbocycles. The minimum Gasteiger partial charge on any atom is -0.329 e. The zero-order valence-corrected chi connectivity index (χ0v) is 10.5. The molecule has 0 radical (unpaired) electrons. The number of amides is 2. The van der Waals surface area contributed by atoms with Crippen LogP contribution in [-0.4, -0.2) is 35.3 Å². The van der Waals surface area contributed by atoms with Crippen molar-refractivity contribution in [2.75, 3.05) is 18.4 Å². The van der Waals surface area contributed by atoms with Gasteiger partial charge >= 0.3 is 12.2 Å². The topological polar surface area (TPSA) is 78.9 Å². The van der Waals surface area contributed by atoms with E-state index in [1.807, 2.05) is 0 Å². The lowest BCUT2D eigenvalue weighted by atomic mass is 10.2. The highest BCUT2D eigenvalue weighted by Crippen LogP contribution is 2.20. The Hall–Kier alpha value is -1.90. The molecular weight excluding hydrogens is 275 g/mol. The number of halogens is 3. The number of aromatic nitrogens is 2. The summed E-state index contributed by atoms with van der Waals surface area (Å²) >= 11 is 0. The van der Waals surface area contributed by atoms with Crippen molar-refractivity contribution in [3.8, 4) is 0 Å². The molecule has 0 saturated carbocycles. The van der Waals surface area contributed by atoms with Crippen molar-refractivity contribution in [2.45, 2.75) is 25.1 Å². The fourth-order valence-electron chi connectivity index (χ4n) is 1.86. The summed E-state index contributed by atoms with van der Waals surface area (Å²) in [4.78, 5) is 19.5. The minimum atomic E-state index is -4.44. The maximum atomic E-state index is 11.9. The smallest absolute Gasteiger partial charge is 0.329 e. The van der Waals surface area contributed by atoms with Crippen LogP contribution in [0, 0.1) is 0 Å². The van der Waals surface area contributed by atoms with Crippen LogP contribution in [-0.2, 0) is 0 Å². The van der Waals surface area contributed by atoms with E-state index in [2.05, 4.69) is 20.6 Å². The lowest BCUT2D eigenvalue weighted by Crippen LogP contribution is -2.36. The van der Waals surface area contributed by atoms with Crippen LogP contribution in [0.2, 0.25) is 0 Å². The lowest BCUT2D eigenvalue weighted by Gasteiger charge is -2.11. The molecule has 0 aliphatic carbocycles. The van der Waals surface area contributed by atoms with Gasteiger partial charge in [-0.05, 0) is 25.5 Å². The second-order valence-electron chi connectivity index (χ2n) is 4.37. The molecule has 0 spiro atoms.